The fourth-order valence-corrected chi connectivity index (χ4v) is 18.6. The number of allylic oxidation sites excluding steroid dienone is 7. The highest BCUT2D eigenvalue weighted by atomic mass is 15.1. The second-order valence-corrected chi connectivity index (χ2v) is 28.0. The van der Waals surface area contributed by atoms with Gasteiger partial charge in [0.15, 0.2) is 0 Å². The minimum Gasteiger partial charge on any atom is -0.310 e. The van der Waals surface area contributed by atoms with Crippen molar-refractivity contribution in [3.8, 4) is 22.3 Å². The minimum atomic E-state index is -0.737. The Morgan fingerprint density at radius 2 is 0.907 bits per heavy atom. The molecule has 0 fully saturated rings. The maximum atomic E-state index is 4.43. The molecular weight excluding hydrogens is 1170 g/mol. The molecule has 2 heteroatoms. The van der Waals surface area contributed by atoms with E-state index in [0.29, 0.717) is 11.8 Å². The average molecular weight is 1250 g/mol. The van der Waals surface area contributed by atoms with E-state index >= 15 is 0 Å². The molecule has 0 heterocycles. The Morgan fingerprint density at radius 1 is 0.423 bits per heavy atom. The molecule has 0 N–H and O–H groups in total. The standard InChI is InChI=1S/C95H76N2/c1-5-65-38-40-66(41-39-65)61-93(69-44-34-63(3)35-45-69)86-32-20-19-30-79(86)80-52-48-75(57-88(80)93)96(73-26-15-9-16-27-73)77-49-53-81-82-54-50-78(60-91(82)95(90(81)59-77,71-22-11-7-12-23-71)72-24-13-8-14-25-72)97(74-28-17-10-18-29-74)76-51-55-84-89(58-76)94(70-46-36-64(4)37-47-70)62-67-42-43-68(6-2)85(56-67)83-31-21-33-87(94)92(83)84/h5-20,22-32,34-41,44-60,68,85H,1-2,21,33,42-43,61-62H2,3-4H3/t68?,85-,93?,94?/m1/s1. The van der Waals surface area contributed by atoms with E-state index in [4.69, 9.17) is 0 Å². The van der Waals surface area contributed by atoms with Crippen LogP contribution in [0.15, 0.2) is 339 Å². The van der Waals surface area contributed by atoms with Gasteiger partial charge in [0, 0.05) is 45.5 Å². The summed E-state index contributed by atoms with van der Waals surface area (Å²) in [4.78, 5) is 5.05. The molecule has 12 aromatic carbocycles. The third-order valence-corrected chi connectivity index (χ3v) is 22.9. The van der Waals surface area contributed by atoms with Gasteiger partial charge in [-0.3, -0.25) is 0 Å². The number of fused-ring (bicyclic) bond motifs is 10. The van der Waals surface area contributed by atoms with Gasteiger partial charge in [-0.15, -0.1) is 6.58 Å². The van der Waals surface area contributed by atoms with Crippen LogP contribution in [-0.2, 0) is 22.7 Å². The normalized spacial score (nSPS) is 19.4. The van der Waals surface area contributed by atoms with Crippen molar-refractivity contribution in [3.05, 3.63) is 417 Å². The van der Waals surface area contributed by atoms with E-state index in [1.54, 1.807) is 11.1 Å². The molecule has 0 saturated heterocycles. The smallest absolute Gasteiger partial charge is 0.0715 e. The second kappa shape index (κ2) is 23.1. The van der Waals surface area contributed by atoms with E-state index in [-0.39, 0.29) is 5.41 Å². The van der Waals surface area contributed by atoms with Gasteiger partial charge in [0.05, 0.1) is 10.8 Å². The lowest BCUT2D eigenvalue weighted by atomic mass is 9.61. The fourth-order valence-electron chi connectivity index (χ4n) is 18.6. The molecule has 12 aromatic rings. The Balaban J connectivity index is 0.831. The van der Waals surface area contributed by atoms with Gasteiger partial charge in [-0.05, 0) is 237 Å². The summed E-state index contributed by atoms with van der Waals surface area (Å²) >= 11 is 0. The van der Waals surface area contributed by atoms with Crippen LogP contribution in [0.2, 0.25) is 0 Å². The molecule has 0 saturated carbocycles. The molecular formula is C95H76N2. The van der Waals surface area contributed by atoms with Crippen LogP contribution in [0.25, 0.3) is 33.9 Å². The summed E-state index contributed by atoms with van der Waals surface area (Å²) in [6.45, 7) is 12.9. The van der Waals surface area contributed by atoms with Crippen molar-refractivity contribution in [2.24, 2.45) is 11.8 Å². The van der Waals surface area contributed by atoms with Gasteiger partial charge in [0.25, 0.3) is 0 Å². The molecule has 4 atom stereocenters. The van der Waals surface area contributed by atoms with Gasteiger partial charge in [-0.25, -0.2) is 0 Å². The zero-order chi connectivity index (χ0) is 65.0. The van der Waals surface area contributed by atoms with E-state index in [0.717, 1.165) is 78.2 Å². The molecule has 6 aliphatic rings. The van der Waals surface area contributed by atoms with Gasteiger partial charge in [-0.1, -0.05) is 266 Å². The van der Waals surface area contributed by atoms with E-state index in [1.807, 2.05) is 6.08 Å². The number of benzene rings is 12. The molecule has 0 amide bonds. The first-order valence-electron chi connectivity index (χ1n) is 34.9. The van der Waals surface area contributed by atoms with Gasteiger partial charge < -0.3 is 9.80 Å². The highest BCUT2D eigenvalue weighted by molar-refractivity contribution is 5.97. The summed E-state index contributed by atoms with van der Waals surface area (Å²) in [6, 6.07) is 111. The van der Waals surface area contributed by atoms with Gasteiger partial charge in [-0.2, -0.15) is 0 Å². The van der Waals surface area contributed by atoms with Crippen molar-refractivity contribution in [3.63, 3.8) is 0 Å². The summed E-state index contributed by atoms with van der Waals surface area (Å²) in [5.74, 6) is 0.771. The molecule has 6 aliphatic carbocycles. The Bertz CT molecular complexity index is 5170. The predicted octanol–water partition coefficient (Wildman–Crippen LogP) is 24.1. The SMILES string of the molecule is C=Cc1ccc(CC2(c3ccc(C)cc3)c3ccccc3-c3ccc(N(c4ccccc4)c4ccc5c(c4)C(c4ccccc4)(c4ccccc4)c4cc(N(c6ccccc6)c6ccc7c(c6)C6(c8ccc(C)cc8)CC8=C[C@@H](C9=CCCC6=C97)C(C=C)CC8)ccc4-5)cc32)cc1. The lowest BCUT2D eigenvalue weighted by Crippen LogP contribution is -2.33. The molecule has 0 aromatic heterocycles. The molecule has 2 nitrogen and oxygen atoms in total. The quantitative estimate of drug-likeness (QED) is 0.100. The first kappa shape index (κ1) is 58.5. The van der Waals surface area contributed by atoms with Gasteiger partial charge in [0.2, 0.25) is 0 Å². The molecule has 0 aliphatic heterocycles. The van der Waals surface area contributed by atoms with Crippen LogP contribution in [0.1, 0.15) is 110 Å². The largest absolute Gasteiger partial charge is 0.310 e. The summed E-state index contributed by atoms with van der Waals surface area (Å²) in [5.41, 5.74) is 34.3. The Morgan fingerprint density at radius 3 is 1.46 bits per heavy atom. The van der Waals surface area contributed by atoms with Crippen molar-refractivity contribution < 1.29 is 0 Å². The number of anilines is 6. The van der Waals surface area contributed by atoms with E-state index in [2.05, 4.69) is 346 Å². The number of hydrogen-bond acceptors (Lipinski definition) is 2. The number of nitrogens with zero attached hydrogens (tertiary/aromatic N) is 2. The van der Waals surface area contributed by atoms with Gasteiger partial charge >= 0.3 is 0 Å². The van der Waals surface area contributed by atoms with Crippen LogP contribution in [0.5, 0.6) is 0 Å². The Labute approximate surface area is 571 Å². The zero-order valence-electron chi connectivity index (χ0n) is 55.2. The lowest BCUT2D eigenvalue weighted by molar-refractivity contribution is 0.442. The van der Waals surface area contributed by atoms with Crippen molar-refractivity contribution >= 4 is 45.8 Å². The van der Waals surface area contributed by atoms with E-state index < -0.39 is 10.8 Å². The van der Waals surface area contributed by atoms with Crippen LogP contribution >= 0.6 is 0 Å². The maximum absolute atomic E-state index is 4.43. The first-order valence-corrected chi connectivity index (χ1v) is 34.9. The maximum Gasteiger partial charge on any atom is 0.0715 e. The number of rotatable bonds is 14. The third-order valence-electron chi connectivity index (χ3n) is 22.9. The minimum absolute atomic E-state index is 0.303. The van der Waals surface area contributed by atoms with E-state index in [9.17, 15) is 0 Å². The van der Waals surface area contributed by atoms with Crippen molar-refractivity contribution in [2.45, 2.75) is 68.6 Å². The molecule has 466 valence electrons. The third kappa shape index (κ3) is 8.99. The number of hydrogen-bond donors (Lipinski definition) is 0. The zero-order valence-corrected chi connectivity index (χ0v) is 55.2. The highest BCUT2D eigenvalue weighted by Crippen LogP contribution is 2.65. The van der Waals surface area contributed by atoms with Crippen LogP contribution in [0, 0.1) is 25.7 Å². The lowest BCUT2D eigenvalue weighted by Gasteiger charge is -2.42. The monoisotopic (exact) mass is 1240 g/mol. The summed E-state index contributed by atoms with van der Waals surface area (Å²) in [6.07, 6.45) is 15.6. The van der Waals surface area contributed by atoms with E-state index in [1.165, 1.54) is 106 Å². The van der Waals surface area contributed by atoms with Crippen LogP contribution in [0.4, 0.5) is 34.1 Å². The molecule has 18 rings (SSSR count). The number of para-hydroxylation sites is 2. The molecule has 6 bridgehead atoms. The molecule has 0 radical (unpaired) electrons. The molecule has 3 unspecified atom stereocenters. The summed E-state index contributed by atoms with van der Waals surface area (Å²) in [7, 11) is 0. The Kier molecular flexibility index (Phi) is 13.9. The topological polar surface area (TPSA) is 6.48 Å². The summed E-state index contributed by atoms with van der Waals surface area (Å²) < 4.78 is 0. The first-order chi connectivity index (χ1) is 47.8. The predicted molar refractivity (Wildman–Crippen MR) is 405 cm³/mol. The molecule has 0 spiro atoms. The summed E-state index contributed by atoms with van der Waals surface area (Å²) in [5, 5.41) is 0. The van der Waals surface area contributed by atoms with Crippen LogP contribution < -0.4 is 9.80 Å². The van der Waals surface area contributed by atoms with Gasteiger partial charge in [0.1, 0.15) is 0 Å². The average Bonchev–Trinajstić information content (AvgIpc) is 1.55. The Hall–Kier alpha value is -11.1. The molecule has 97 heavy (non-hydrogen) atoms. The van der Waals surface area contributed by atoms with Crippen molar-refractivity contribution in [1.29, 1.82) is 0 Å². The van der Waals surface area contributed by atoms with Crippen LogP contribution in [-0.4, -0.2) is 0 Å². The van der Waals surface area contributed by atoms with Crippen molar-refractivity contribution in [2.75, 3.05) is 9.80 Å². The number of aryl methyl sites for hydroxylation is 2. The van der Waals surface area contributed by atoms with Crippen LogP contribution in [0.3, 0.4) is 0 Å². The highest BCUT2D eigenvalue weighted by Gasteiger charge is 2.52. The fraction of sp³-hybridized carbons (Fsp3) is 0.137. The second-order valence-electron chi connectivity index (χ2n) is 28.0. The van der Waals surface area contributed by atoms with Crippen molar-refractivity contribution in [1.82, 2.24) is 0 Å².